The van der Waals surface area contributed by atoms with Gasteiger partial charge in [0.2, 0.25) is 0 Å². The second-order valence-electron chi connectivity index (χ2n) is 7.77. The molecular formula is C26H28N2O2. The van der Waals surface area contributed by atoms with E-state index in [0.717, 1.165) is 33.9 Å². The van der Waals surface area contributed by atoms with Gasteiger partial charge in [-0.25, -0.2) is 4.98 Å². The third-order valence-electron chi connectivity index (χ3n) is 5.56. The van der Waals surface area contributed by atoms with Gasteiger partial charge in [-0.05, 0) is 74.2 Å². The van der Waals surface area contributed by atoms with E-state index in [1.807, 2.05) is 30.3 Å². The standard InChI is InChI=1S/C26H28N2O2/c1-18-12-13-20(3)25(16-18)30-17-26-27-22-9-5-6-10-23(22)28(26)14-15-29-24-11-7-8-19(2)21(24)4/h5-13,16H,14-15,17H2,1-4H3. The highest BCUT2D eigenvalue weighted by Crippen LogP contribution is 2.23. The molecule has 4 heteroatoms. The molecule has 0 fully saturated rings. The van der Waals surface area contributed by atoms with Crippen molar-refractivity contribution in [3.05, 3.63) is 88.7 Å². The van der Waals surface area contributed by atoms with Crippen LogP contribution in [0.3, 0.4) is 0 Å². The molecule has 4 nitrogen and oxygen atoms in total. The van der Waals surface area contributed by atoms with E-state index in [9.17, 15) is 0 Å². The second-order valence-corrected chi connectivity index (χ2v) is 7.77. The van der Waals surface area contributed by atoms with E-state index < -0.39 is 0 Å². The van der Waals surface area contributed by atoms with Crippen molar-refractivity contribution in [3.8, 4) is 11.5 Å². The molecule has 1 heterocycles. The smallest absolute Gasteiger partial charge is 0.148 e. The number of imidazole rings is 1. The maximum absolute atomic E-state index is 6.15. The highest BCUT2D eigenvalue weighted by atomic mass is 16.5. The van der Waals surface area contributed by atoms with Gasteiger partial charge in [0.05, 0.1) is 17.6 Å². The average molecular weight is 401 g/mol. The molecule has 0 spiro atoms. The first-order chi connectivity index (χ1) is 14.5. The molecule has 0 saturated carbocycles. The van der Waals surface area contributed by atoms with Gasteiger partial charge in [0, 0.05) is 0 Å². The lowest BCUT2D eigenvalue weighted by atomic mass is 10.1. The second kappa shape index (κ2) is 8.62. The summed E-state index contributed by atoms with van der Waals surface area (Å²) in [6.07, 6.45) is 0. The van der Waals surface area contributed by atoms with Crippen LogP contribution in [-0.4, -0.2) is 16.2 Å². The molecule has 0 aliphatic heterocycles. The van der Waals surface area contributed by atoms with E-state index in [2.05, 4.69) is 62.6 Å². The van der Waals surface area contributed by atoms with Gasteiger partial charge in [-0.3, -0.25) is 0 Å². The molecule has 0 saturated heterocycles. The third kappa shape index (κ3) is 4.18. The lowest BCUT2D eigenvalue weighted by Gasteiger charge is -2.14. The van der Waals surface area contributed by atoms with Crippen LogP contribution >= 0.6 is 0 Å². The summed E-state index contributed by atoms with van der Waals surface area (Å²) < 4.78 is 14.5. The van der Waals surface area contributed by atoms with Crippen molar-refractivity contribution in [1.82, 2.24) is 9.55 Å². The van der Waals surface area contributed by atoms with Crippen molar-refractivity contribution in [2.45, 2.75) is 40.8 Å². The highest BCUT2D eigenvalue weighted by molar-refractivity contribution is 5.75. The Balaban J connectivity index is 1.54. The van der Waals surface area contributed by atoms with E-state index in [1.54, 1.807) is 0 Å². The molecule has 4 rings (SSSR count). The van der Waals surface area contributed by atoms with Gasteiger partial charge >= 0.3 is 0 Å². The van der Waals surface area contributed by atoms with Crippen molar-refractivity contribution < 1.29 is 9.47 Å². The molecular weight excluding hydrogens is 372 g/mol. The molecule has 30 heavy (non-hydrogen) atoms. The van der Waals surface area contributed by atoms with Crippen LogP contribution in [0.2, 0.25) is 0 Å². The third-order valence-corrected chi connectivity index (χ3v) is 5.56. The van der Waals surface area contributed by atoms with Crippen LogP contribution in [0.15, 0.2) is 60.7 Å². The van der Waals surface area contributed by atoms with E-state index in [4.69, 9.17) is 14.5 Å². The Bertz CT molecular complexity index is 1180. The van der Waals surface area contributed by atoms with Crippen LogP contribution in [-0.2, 0) is 13.2 Å². The van der Waals surface area contributed by atoms with Crippen LogP contribution in [0.1, 0.15) is 28.1 Å². The molecule has 0 N–H and O–H groups in total. The number of para-hydroxylation sites is 2. The molecule has 3 aromatic carbocycles. The van der Waals surface area contributed by atoms with Crippen molar-refractivity contribution in [1.29, 1.82) is 0 Å². The van der Waals surface area contributed by atoms with E-state index >= 15 is 0 Å². The van der Waals surface area contributed by atoms with Crippen LogP contribution < -0.4 is 9.47 Å². The van der Waals surface area contributed by atoms with Crippen LogP contribution in [0.4, 0.5) is 0 Å². The number of rotatable bonds is 7. The van der Waals surface area contributed by atoms with Gasteiger partial charge in [-0.1, -0.05) is 36.4 Å². The van der Waals surface area contributed by atoms with Crippen LogP contribution in [0.5, 0.6) is 11.5 Å². The molecule has 1 aromatic heterocycles. The van der Waals surface area contributed by atoms with Crippen LogP contribution in [0.25, 0.3) is 11.0 Å². The van der Waals surface area contributed by atoms with Crippen molar-refractivity contribution in [2.24, 2.45) is 0 Å². The maximum Gasteiger partial charge on any atom is 0.148 e. The summed E-state index contributed by atoms with van der Waals surface area (Å²) in [6, 6.07) is 20.6. The van der Waals surface area contributed by atoms with Crippen molar-refractivity contribution in [3.63, 3.8) is 0 Å². The molecule has 154 valence electrons. The fraction of sp³-hybridized carbons (Fsp3) is 0.269. The summed E-state index contributed by atoms with van der Waals surface area (Å²) in [7, 11) is 0. The summed E-state index contributed by atoms with van der Waals surface area (Å²) in [5.74, 6) is 2.74. The quantitative estimate of drug-likeness (QED) is 0.386. The Morgan fingerprint density at radius 1 is 0.800 bits per heavy atom. The minimum atomic E-state index is 0.419. The predicted molar refractivity (Wildman–Crippen MR) is 121 cm³/mol. The molecule has 0 aliphatic rings. The lowest BCUT2D eigenvalue weighted by molar-refractivity contribution is 0.270. The zero-order valence-electron chi connectivity index (χ0n) is 18.1. The number of benzene rings is 3. The number of hydrogen-bond donors (Lipinski definition) is 0. The van der Waals surface area contributed by atoms with Gasteiger partial charge in [0.25, 0.3) is 0 Å². The normalized spacial score (nSPS) is 11.1. The van der Waals surface area contributed by atoms with E-state index in [1.165, 1.54) is 16.7 Å². The number of aromatic nitrogens is 2. The minimum Gasteiger partial charge on any atom is -0.491 e. The molecule has 4 aromatic rings. The fourth-order valence-electron chi connectivity index (χ4n) is 3.62. The van der Waals surface area contributed by atoms with Gasteiger partial charge in [0.15, 0.2) is 0 Å². The molecule has 0 aliphatic carbocycles. The summed E-state index contributed by atoms with van der Waals surface area (Å²) in [5.41, 5.74) is 6.81. The Kier molecular flexibility index (Phi) is 5.75. The predicted octanol–water partition coefficient (Wildman–Crippen LogP) is 5.93. The Hall–Kier alpha value is -3.27. The molecule has 0 radical (unpaired) electrons. The zero-order valence-corrected chi connectivity index (χ0v) is 18.1. The first-order valence-electron chi connectivity index (χ1n) is 10.4. The van der Waals surface area contributed by atoms with Gasteiger partial charge < -0.3 is 14.0 Å². The molecule has 0 amide bonds. The van der Waals surface area contributed by atoms with Gasteiger partial charge in [0.1, 0.15) is 30.5 Å². The molecule has 0 unspecified atom stereocenters. The van der Waals surface area contributed by atoms with Gasteiger partial charge in [-0.2, -0.15) is 0 Å². The number of nitrogens with zero attached hydrogens (tertiary/aromatic N) is 2. The van der Waals surface area contributed by atoms with Gasteiger partial charge in [-0.15, -0.1) is 0 Å². The lowest BCUT2D eigenvalue weighted by Crippen LogP contribution is -2.13. The number of ether oxygens (including phenoxy) is 2. The zero-order chi connectivity index (χ0) is 21.1. The molecule has 0 atom stereocenters. The Labute approximate surface area is 178 Å². The monoisotopic (exact) mass is 400 g/mol. The van der Waals surface area contributed by atoms with Crippen molar-refractivity contribution in [2.75, 3.05) is 6.61 Å². The fourth-order valence-corrected chi connectivity index (χ4v) is 3.62. The summed E-state index contributed by atoms with van der Waals surface area (Å²) >= 11 is 0. The van der Waals surface area contributed by atoms with Crippen LogP contribution in [0, 0.1) is 27.7 Å². The van der Waals surface area contributed by atoms with E-state index in [0.29, 0.717) is 19.8 Å². The maximum atomic E-state index is 6.15. The summed E-state index contributed by atoms with van der Waals surface area (Å²) in [5, 5.41) is 0. The number of fused-ring (bicyclic) bond motifs is 1. The SMILES string of the molecule is Cc1ccc(C)c(OCc2nc3ccccc3n2CCOc2cccc(C)c2C)c1. The topological polar surface area (TPSA) is 36.3 Å². The van der Waals surface area contributed by atoms with E-state index in [-0.39, 0.29) is 0 Å². The highest BCUT2D eigenvalue weighted by Gasteiger charge is 2.12. The first-order valence-corrected chi connectivity index (χ1v) is 10.4. The molecule has 0 bridgehead atoms. The summed E-state index contributed by atoms with van der Waals surface area (Å²) in [6.45, 7) is 10.0. The Morgan fingerprint density at radius 2 is 1.63 bits per heavy atom. The summed E-state index contributed by atoms with van der Waals surface area (Å²) in [4.78, 5) is 4.82. The number of hydrogen-bond acceptors (Lipinski definition) is 3. The first kappa shape index (κ1) is 20.0. The number of aryl methyl sites for hydroxylation is 3. The largest absolute Gasteiger partial charge is 0.491 e. The Morgan fingerprint density at radius 3 is 2.50 bits per heavy atom. The average Bonchev–Trinajstić information content (AvgIpc) is 3.09. The minimum absolute atomic E-state index is 0.419. The van der Waals surface area contributed by atoms with Crippen molar-refractivity contribution >= 4 is 11.0 Å².